The minimum absolute atomic E-state index is 0.0773. The summed E-state index contributed by atoms with van der Waals surface area (Å²) in [6, 6.07) is 1.91. The fraction of sp³-hybridized carbons (Fsp3) is 0.529. The summed E-state index contributed by atoms with van der Waals surface area (Å²) in [6.07, 6.45) is 6.71. The van der Waals surface area contributed by atoms with E-state index in [1.54, 1.807) is 17.4 Å². The lowest BCUT2D eigenvalue weighted by molar-refractivity contribution is -0.145. The van der Waals surface area contributed by atoms with Crippen LogP contribution in [0, 0.1) is 12.8 Å². The molecule has 0 saturated carbocycles. The van der Waals surface area contributed by atoms with Gasteiger partial charge in [0.1, 0.15) is 17.7 Å². The Kier molecular flexibility index (Phi) is 4.52. The lowest BCUT2D eigenvalue weighted by Crippen LogP contribution is -2.39. The minimum Gasteiger partial charge on any atom is -0.467 e. The standard InChI is InChI=1S/C17H23N3O3/c1-12-6-10-22-14(12)11-20(3)17(21)13-5-4-9-23-15(13)16-18-7-8-19(16)2/h6-8,10,13,15H,4-5,9,11H2,1-3H3/t13-,15-/m1/s1. The van der Waals surface area contributed by atoms with E-state index in [0.717, 1.165) is 30.0 Å². The van der Waals surface area contributed by atoms with E-state index in [0.29, 0.717) is 13.2 Å². The van der Waals surface area contributed by atoms with Crippen molar-refractivity contribution in [1.29, 1.82) is 0 Å². The van der Waals surface area contributed by atoms with E-state index < -0.39 is 0 Å². The average Bonchev–Trinajstić information content (AvgIpc) is 3.15. The van der Waals surface area contributed by atoms with Crippen LogP contribution >= 0.6 is 0 Å². The Labute approximate surface area is 136 Å². The van der Waals surface area contributed by atoms with Gasteiger partial charge in [-0.3, -0.25) is 4.79 Å². The van der Waals surface area contributed by atoms with Gasteiger partial charge in [-0.15, -0.1) is 0 Å². The second-order valence-electron chi connectivity index (χ2n) is 6.16. The van der Waals surface area contributed by atoms with Gasteiger partial charge in [0.25, 0.3) is 0 Å². The first-order valence-electron chi connectivity index (χ1n) is 7.94. The first-order chi connectivity index (χ1) is 11.1. The van der Waals surface area contributed by atoms with Gasteiger partial charge in [-0.2, -0.15) is 0 Å². The van der Waals surface area contributed by atoms with Crippen LogP contribution < -0.4 is 0 Å². The predicted octanol–water partition coefficient (Wildman–Crippen LogP) is 2.45. The number of rotatable bonds is 4. The van der Waals surface area contributed by atoms with Gasteiger partial charge in [-0.1, -0.05) is 0 Å². The summed E-state index contributed by atoms with van der Waals surface area (Å²) in [5.41, 5.74) is 1.06. The highest BCUT2D eigenvalue weighted by Gasteiger charge is 2.37. The molecule has 0 aliphatic carbocycles. The van der Waals surface area contributed by atoms with Crippen LogP contribution in [0.2, 0.25) is 0 Å². The van der Waals surface area contributed by atoms with E-state index in [4.69, 9.17) is 9.15 Å². The number of furan rings is 1. The maximum Gasteiger partial charge on any atom is 0.228 e. The third kappa shape index (κ3) is 3.17. The molecule has 1 aliphatic heterocycles. The topological polar surface area (TPSA) is 60.5 Å². The molecule has 2 atom stereocenters. The van der Waals surface area contributed by atoms with Crippen LogP contribution in [0.15, 0.2) is 29.1 Å². The number of ether oxygens (including phenoxy) is 1. The zero-order chi connectivity index (χ0) is 16.4. The first-order valence-corrected chi connectivity index (χ1v) is 7.94. The quantitative estimate of drug-likeness (QED) is 0.869. The summed E-state index contributed by atoms with van der Waals surface area (Å²) >= 11 is 0. The zero-order valence-corrected chi connectivity index (χ0v) is 13.9. The van der Waals surface area contributed by atoms with Gasteiger partial charge in [0.05, 0.1) is 18.7 Å². The molecule has 1 saturated heterocycles. The molecule has 2 aromatic rings. The molecular formula is C17H23N3O3. The van der Waals surface area contributed by atoms with Crippen LogP contribution in [0.25, 0.3) is 0 Å². The van der Waals surface area contributed by atoms with Gasteiger partial charge < -0.3 is 18.6 Å². The summed E-state index contributed by atoms with van der Waals surface area (Å²) in [4.78, 5) is 19.0. The summed E-state index contributed by atoms with van der Waals surface area (Å²) < 4.78 is 13.3. The number of hydrogen-bond donors (Lipinski definition) is 0. The molecule has 1 aliphatic rings. The lowest BCUT2D eigenvalue weighted by atomic mass is 9.92. The average molecular weight is 317 g/mol. The van der Waals surface area contributed by atoms with Crippen molar-refractivity contribution in [2.45, 2.75) is 32.4 Å². The molecule has 2 aromatic heterocycles. The van der Waals surface area contributed by atoms with Crippen molar-refractivity contribution >= 4 is 5.91 Å². The Morgan fingerprint density at radius 3 is 3.00 bits per heavy atom. The molecular weight excluding hydrogens is 294 g/mol. The Hall–Kier alpha value is -2.08. The molecule has 6 nitrogen and oxygen atoms in total. The fourth-order valence-corrected chi connectivity index (χ4v) is 3.08. The van der Waals surface area contributed by atoms with E-state index >= 15 is 0 Å². The van der Waals surface area contributed by atoms with E-state index in [1.165, 1.54) is 0 Å². The number of imidazole rings is 1. The van der Waals surface area contributed by atoms with Gasteiger partial charge in [0.15, 0.2) is 0 Å². The Bertz CT molecular complexity index is 676. The Balaban J connectivity index is 1.76. The molecule has 6 heteroatoms. The number of aromatic nitrogens is 2. The minimum atomic E-state index is -0.281. The molecule has 3 rings (SSSR count). The number of amides is 1. The molecule has 0 spiro atoms. The monoisotopic (exact) mass is 317 g/mol. The van der Waals surface area contributed by atoms with Crippen molar-refractivity contribution in [3.8, 4) is 0 Å². The highest BCUT2D eigenvalue weighted by Crippen LogP contribution is 2.34. The van der Waals surface area contributed by atoms with Gasteiger partial charge in [0, 0.05) is 33.1 Å². The van der Waals surface area contributed by atoms with Crippen molar-refractivity contribution in [3.63, 3.8) is 0 Å². The summed E-state index contributed by atoms with van der Waals surface area (Å²) in [7, 11) is 3.74. The van der Waals surface area contributed by atoms with Crippen LogP contribution in [0.3, 0.4) is 0 Å². The molecule has 3 heterocycles. The van der Waals surface area contributed by atoms with Crippen LogP contribution in [0.4, 0.5) is 0 Å². The van der Waals surface area contributed by atoms with Crippen molar-refractivity contribution in [2.24, 2.45) is 13.0 Å². The molecule has 1 amide bonds. The maximum atomic E-state index is 12.9. The molecule has 23 heavy (non-hydrogen) atoms. The van der Waals surface area contributed by atoms with Crippen LogP contribution in [0.1, 0.15) is 36.1 Å². The molecule has 124 valence electrons. The fourth-order valence-electron chi connectivity index (χ4n) is 3.08. The first kappa shape index (κ1) is 15.8. The Morgan fingerprint density at radius 2 is 2.35 bits per heavy atom. The molecule has 0 bridgehead atoms. The van der Waals surface area contributed by atoms with Crippen LogP contribution in [-0.2, 0) is 23.1 Å². The van der Waals surface area contributed by atoms with Crippen molar-refractivity contribution in [1.82, 2.24) is 14.5 Å². The normalized spacial score (nSPS) is 21.3. The molecule has 0 aromatic carbocycles. The number of carbonyl (C=O) groups is 1. The molecule has 0 unspecified atom stereocenters. The third-order valence-corrected chi connectivity index (χ3v) is 4.48. The summed E-state index contributed by atoms with van der Waals surface area (Å²) in [5.74, 6) is 1.51. The third-order valence-electron chi connectivity index (χ3n) is 4.48. The molecule has 0 N–H and O–H groups in total. The summed E-state index contributed by atoms with van der Waals surface area (Å²) in [6.45, 7) is 3.13. The van der Waals surface area contributed by atoms with E-state index in [-0.39, 0.29) is 17.9 Å². The van der Waals surface area contributed by atoms with Gasteiger partial charge in [-0.25, -0.2) is 4.98 Å². The Morgan fingerprint density at radius 1 is 1.52 bits per heavy atom. The van der Waals surface area contributed by atoms with Gasteiger partial charge in [-0.05, 0) is 31.4 Å². The predicted molar refractivity (Wildman–Crippen MR) is 84.5 cm³/mol. The number of hydrogen-bond acceptors (Lipinski definition) is 4. The smallest absolute Gasteiger partial charge is 0.228 e. The van der Waals surface area contributed by atoms with Crippen molar-refractivity contribution in [3.05, 3.63) is 41.9 Å². The largest absolute Gasteiger partial charge is 0.467 e. The summed E-state index contributed by atoms with van der Waals surface area (Å²) in [5, 5.41) is 0. The van der Waals surface area contributed by atoms with Gasteiger partial charge >= 0.3 is 0 Å². The van der Waals surface area contributed by atoms with Crippen LogP contribution in [0.5, 0.6) is 0 Å². The van der Waals surface area contributed by atoms with E-state index in [2.05, 4.69) is 4.98 Å². The highest BCUT2D eigenvalue weighted by molar-refractivity contribution is 5.79. The highest BCUT2D eigenvalue weighted by atomic mass is 16.5. The van der Waals surface area contributed by atoms with E-state index in [1.807, 2.05) is 37.8 Å². The second-order valence-corrected chi connectivity index (χ2v) is 6.16. The van der Waals surface area contributed by atoms with Crippen molar-refractivity contribution < 1.29 is 13.9 Å². The van der Waals surface area contributed by atoms with E-state index in [9.17, 15) is 4.79 Å². The second kappa shape index (κ2) is 6.58. The number of nitrogens with zero attached hydrogens (tertiary/aromatic N) is 3. The van der Waals surface area contributed by atoms with Crippen LogP contribution in [-0.4, -0.2) is 34.0 Å². The molecule has 0 radical (unpaired) electrons. The SMILES string of the molecule is Cc1ccoc1CN(C)C(=O)[C@@H]1CCCO[C@H]1c1nccn1C. The number of carbonyl (C=O) groups excluding carboxylic acids is 1. The van der Waals surface area contributed by atoms with Gasteiger partial charge in [0.2, 0.25) is 5.91 Å². The van der Waals surface area contributed by atoms with Crippen molar-refractivity contribution in [2.75, 3.05) is 13.7 Å². The lowest BCUT2D eigenvalue weighted by Gasteiger charge is -2.32. The number of aryl methyl sites for hydroxylation is 2. The zero-order valence-electron chi connectivity index (χ0n) is 13.9. The maximum absolute atomic E-state index is 12.9. The molecule has 1 fully saturated rings.